The standard InChI is InChI=1S/C14H20N2O5/c1-20-9-7-16-13(18)10-21-14(19)11-4-2-3-5-12(11)15-6-8-17/h2-5,15,17H,6-10H2,1H3,(H,16,18). The van der Waals surface area contributed by atoms with Crippen molar-refractivity contribution in [3.8, 4) is 0 Å². The molecule has 0 aromatic heterocycles. The minimum absolute atomic E-state index is 0.0503. The average Bonchev–Trinajstić information content (AvgIpc) is 2.51. The summed E-state index contributed by atoms with van der Waals surface area (Å²) in [6, 6.07) is 6.74. The second-order valence-electron chi connectivity index (χ2n) is 4.11. The minimum Gasteiger partial charge on any atom is -0.452 e. The highest BCUT2D eigenvalue weighted by molar-refractivity contribution is 5.96. The zero-order valence-electron chi connectivity index (χ0n) is 11.9. The third kappa shape index (κ3) is 6.24. The van der Waals surface area contributed by atoms with E-state index in [2.05, 4.69) is 10.6 Å². The SMILES string of the molecule is COCCNC(=O)COC(=O)c1ccccc1NCCO. The maximum Gasteiger partial charge on any atom is 0.340 e. The minimum atomic E-state index is -0.599. The van der Waals surface area contributed by atoms with Gasteiger partial charge in [-0.25, -0.2) is 4.79 Å². The molecule has 0 unspecified atom stereocenters. The molecule has 7 nitrogen and oxygen atoms in total. The van der Waals surface area contributed by atoms with Crippen LogP contribution in [-0.4, -0.2) is 57.0 Å². The van der Waals surface area contributed by atoms with Gasteiger partial charge in [0.25, 0.3) is 5.91 Å². The molecule has 0 fully saturated rings. The van der Waals surface area contributed by atoms with Crippen molar-refractivity contribution >= 4 is 17.6 Å². The maximum absolute atomic E-state index is 11.9. The number of ether oxygens (including phenoxy) is 2. The average molecular weight is 296 g/mol. The Morgan fingerprint density at radius 1 is 1.24 bits per heavy atom. The normalized spacial score (nSPS) is 10.0. The largest absolute Gasteiger partial charge is 0.452 e. The highest BCUT2D eigenvalue weighted by Gasteiger charge is 2.13. The molecule has 116 valence electrons. The van der Waals surface area contributed by atoms with Crippen molar-refractivity contribution in [1.82, 2.24) is 5.32 Å². The molecule has 0 spiro atoms. The first kappa shape index (κ1) is 16.9. The Bertz CT molecular complexity index is 464. The molecule has 1 rings (SSSR count). The second-order valence-corrected chi connectivity index (χ2v) is 4.11. The van der Waals surface area contributed by atoms with Crippen molar-refractivity contribution < 1.29 is 24.2 Å². The van der Waals surface area contributed by atoms with Crippen LogP contribution in [0.15, 0.2) is 24.3 Å². The van der Waals surface area contributed by atoms with Crippen molar-refractivity contribution in [3.05, 3.63) is 29.8 Å². The van der Waals surface area contributed by atoms with Gasteiger partial charge in [0, 0.05) is 25.9 Å². The van der Waals surface area contributed by atoms with Gasteiger partial charge in [-0.1, -0.05) is 12.1 Å². The van der Waals surface area contributed by atoms with Gasteiger partial charge >= 0.3 is 5.97 Å². The molecule has 0 aliphatic rings. The van der Waals surface area contributed by atoms with Crippen LogP contribution in [0.1, 0.15) is 10.4 Å². The number of hydrogen-bond donors (Lipinski definition) is 3. The quantitative estimate of drug-likeness (QED) is 0.439. The number of carbonyl (C=O) groups is 2. The monoisotopic (exact) mass is 296 g/mol. The summed E-state index contributed by atoms with van der Waals surface area (Å²) in [6.07, 6.45) is 0. The van der Waals surface area contributed by atoms with Crippen LogP contribution in [-0.2, 0) is 14.3 Å². The lowest BCUT2D eigenvalue weighted by atomic mass is 10.2. The second kappa shape index (κ2) is 9.73. The predicted octanol–water partition coefficient (Wildman–Crippen LogP) is 0.0102. The molecule has 1 aromatic carbocycles. The van der Waals surface area contributed by atoms with Gasteiger partial charge in [-0.15, -0.1) is 0 Å². The van der Waals surface area contributed by atoms with Gasteiger partial charge in [0.1, 0.15) is 0 Å². The maximum atomic E-state index is 11.9. The van der Waals surface area contributed by atoms with Gasteiger partial charge in [-0.2, -0.15) is 0 Å². The Labute approximate surface area is 123 Å². The van der Waals surface area contributed by atoms with Crippen molar-refractivity contribution in [2.75, 3.05) is 45.3 Å². The number of aliphatic hydroxyl groups is 1. The first-order valence-corrected chi connectivity index (χ1v) is 6.55. The number of amides is 1. The number of para-hydroxylation sites is 1. The summed E-state index contributed by atoms with van der Waals surface area (Å²) in [5, 5.41) is 14.2. The van der Waals surface area contributed by atoms with Crippen molar-refractivity contribution in [3.63, 3.8) is 0 Å². The first-order chi connectivity index (χ1) is 10.2. The molecule has 7 heteroatoms. The van der Waals surface area contributed by atoms with Crippen LogP contribution in [0, 0.1) is 0 Å². The van der Waals surface area contributed by atoms with Crippen molar-refractivity contribution in [2.24, 2.45) is 0 Å². The van der Waals surface area contributed by atoms with Crippen LogP contribution in [0.3, 0.4) is 0 Å². The Morgan fingerprint density at radius 3 is 2.71 bits per heavy atom. The first-order valence-electron chi connectivity index (χ1n) is 6.55. The molecule has 21 heavy (non-hydrogen) atoms. The van der Waals surface area contributed by atoms with E-state index in [1.807, 2.05) is 0 Å². The van der Waals surface area contributed by atoms with Gasteiger partial charge in [0.15, 0.2) is 6.61 Å². The number of hydrogen-bond acceptors (Lipinski definition) is 6. The van der Waals surface area contributed by atoms with Crippen LogP contribution in [0.4, 0.5) is 5.69 Å². The summed E-state index contributed by atoms with van der Waals surface area (Å²) >= 11 is 0. The number of nitrogens with one attached hydrogen (secondary N) is 2. The molecular formula is C14H20N2O5. The van der Waals surface area contributed by atoms with E-state index in [1.165, 1.54) is 7.11 Å². The third-order valence-electron chi connectivity index (χ3n) is 2.54. The van der Waals surface area contributed by atoms with Crippen molar-refractivity contribution in [2.45, 2.75) is 0 Å². The molecule has 0 heterocycles. The summed E-state index contributed by atoms with van der Waals surface area (Å²) in [7, 11) is 1.53. The van der Waals surface area contributed by atoms with E-state index >= 15 is 0 Å². The molecule has 1 aromatic rings. The smallest absolute Gasteiger partial charge is 0.340 e. The Morgan fingerprint density at radius 2 is 2.00 bits per heavy atom. The lowest BCUT2D eigenvalue weighted by Crippen LogP contribution is -2.31. The molecule has 1 amide bonds. The number of rotatable bonds is 9. The number of methoxy groups -OCH3 is 1. The summed E-state index contributed by atoms with van der Waals surface area (Å²) in [6.45, 7) is 0.680. The topological polar surface area (TPSA) is 96.9 Å². The summed E-state index contributed by atoms with van der Waals surface area (Å²) in [4.78, 5) is 23.4. The van der Waals surface area contributed by atoms with E-state index in [4.69, 9.17) is 14.6 Å². The van der Waals surface area contributed by atoms with Gasteiger partial charge < -0.3 is 25.2 Å². The molecular weight excluding hydrogens is 276 g/mol. The summed E-state index contributed by atoms with van der Waals surface area (Å²) in [5.41, 5.74) is 0.868. The molecule has 0 radical (unpaired) electrons. The fourth-order valence-electron chi connectivity index (χ4n) is 1.56. The highest BCUT2D eigenvalue weighted by Crippen LogP contribution is 2.15. The van der Waals surface area contributed by atoms with Gasteiger partial charge in [-0.05, 0) is 12.1 Å². The van der Waals surface area contributed by atoms with E-state index in [9.17, 15) is 9.59 Å². The highest BCUT2D eigenvalue weighted by atomic mass is 16.5. The van der Waals surface area contributed by atoms with Gasteiger partial charge in [0.2, 0.25) is 0 Å². The van der Waals surface area contributed by atoms with Crippen LogP contribution >= 0.6 is 0 Å². The number of aliphatic hydroxyl groups excluding tert-OH is 1. The van der Waals surface area contributed by atoms with Crippen LogP contribution in [0.5, 0.6) is 0 Å². The molecule has 0 saturated heterocycles. The Kier molecular flexibility index (Phi) is 7.85. The zero-order chi connectivity index (χ0) is 15.5. The van der Waals surface area contributed by atoms with Crippen LogP contribution in [0.2, 0.25) is 0 Å². The van der Waals surface area contributed by atoms with E-state index in [1.54, 1.807) is 24.3 Å². The zero-order valence-corrected chi connectivity index (χ0v) is 11.9. The number of benzene rings is 1. The fraction of sp³-hybridized carbons (Fsp3) is 0.429. The number of anilines is 1. The van der Waals surface area contributed by atoms with E-state index in [-0.39, 0.29) is 19.1 Å². The van der Waals surface area contributed by atoms with Gasteiger partial charge in [0.05, 0.1) is 18.8 Å². The molecule has 0 atom stereocenters. The lowest BCUT2D eigenvalue weighted by Gasteiger charge is -2.11. The third-order valence-corrected chi connectivity index (χ3v) is 2.54. The lowest BCUT2D eigenvalue weighted by molar-refractivity contribution is -0.124. The van der Waals surface area contributed by atoms with Crippen LogP contribution in [0.25, 0.3) is 0 Å². The number of esters is 1. The predicted molar refractivity (Wildman–Crippen MR) is 77.2 cm³/mol. The summed E-state index contributed by atoms with van der Waals surface area (Å²) < 4.78 is 9.74. The van der Waals surface area contributed by atoms with Gasteiger partial charge in [-0.3, -0.25) is 4.79 Å². The van der Waals surface area contributed by atoms with Crippen LogP contribution < -0.4 is 10.6 Å². The molecule has 0 bridgehead atoms. The Balaban J connectivity index is 2.49. The number of carbonyl (C=O) groups excluding carboxylic acids is 2. The molecule has 0 aliphatic carbocycles. The molecule has 3 N–H and O–H groups in total. The molecule has 0 saturated carbocycles. The van der Waals surface area contributed by atoms with E-state index in [0.29, 0.717) is 30.9 Å². The molecule has 0 aliphatic heterocycles. The Hall–Kier alpha value is -2.12. The van der Waals surface area contributed by atoms with Crippen molar-refractivity contribution in [1.29, 1.82) is 0 Å². The van der Waals surface area contributed by atoms with E-state index < -0.39 is 5.97 Å². The summed E-state index contributed by atoms with van der Waals surface area (Å²) in [5.74, 6) is -0.987. The van der Waals surface area contributed by atoms with E-state index in [0.717, 1.165) is 0 Å². The fourth-order valence-corrected chi connectivity index (χ4v) is 1.56.